The normalized spacial score (nSPS) is 12.4. The van der Waals surface area contributed by atoms with Gasteiger partial charge in [0, 0.05) is 12.2 Å². The lowest BCUT2D eigenvalue weighted by Gasteiger charge is -2.17. The molecule has 1 atom stereocenters. The SMILES string of the molecule is COc1cc(C(C)NC(=O)/C=C/c2nc3ccccc3o2)ccc1OCC(C)C. The molecule has 0 saturated heterocycles. The fraction of sp³-hybridized carbons (Fsp3) is 0.304. The maximum atomic E-state index is 12.3. The molecule has 6 nitrogen and oxygen atoms in total. The van der Waals surface area contributed by atoms with E-state index in [1.165, 1.54) is 6.08 Å². The van der Waals surface area contributed by atoms with E-state index in [2.05, 4.69) is 24.1 Å². The van der Waals surface area contributed by atoms with Crippen LogP contribution >= 0.6 is 0 Å². The van der Waals surface area contributed by atoms with Crippen LogP contribution in [-0.2, 0) is 4.79 Å². The molecule has 29 heavy (non-hydrogen) atoms. The standard InChI is InChI=1S/C23H26N2O4/c1-15(2)14-28-20-10-9-17(13-21(20)27-4)16(3)24-22(26)11-12-23-25-18-7-5-6-8-19(18)29-23/h5-13,15-16H,14H2,1-4H3,(H,24,26)/b12-11+. The van der Waals surface area contributed by atoms with Gasteiger partial charge < -0.3 is 19.2 Å². The van der Waals surface area contributed by atoms with Gasteiger partial charge in [-0.25, -0.2) is 4.98 Å². The minimum atomic E-state index is -0.237. The monoisotopic (exact) mass is 394 g/mol. The van der Waals surface area contributed by atoms with Gasteiger partial charge in [-0.1, -0.05) is 32.0 Å². The highest BCUT2D eigenvalue weighted by molar-refractivity contribution is 5.91. The first-order chi connectivity index (χ1) is 14.0. The minimum absolute atomic E-state index is 0.205. The van der Waals surface area contributed by atoms with Gasteiger partial charge >= 0.3 is 0 Å². The highest BCUT2D eigenvalue weighted by atomic mass is 16.5. The zero-order valence-corrected chi connectivity index (χ0v) is 17.1. The van der Waals surface area contributed by atoms with Crippen molar-refractivity contribution >= 4 is 23.1 Å². The Morgan fingerprint density at radius 2 is 1.97 bits per heavy atom. The van der Waals surface area contributed by atoms with Crippen molar-refractivity contribution in [2.75, 3.05) is 13.7 Å². The lowest BCUT2D eigenvalue weighted by Crippen LogP contribution is -2.24. The molecule has 3 rings (SSSR count). The second-order valence-electron chi connectivity index (χ2n) is 7.20. The van der Waals surface area contributed by atoms with Crippen molar-refractivity contribution in [3.8, 4) is 11.5 Å². The fourth-order valence-corrected chi connectivity index (χ4v) is 2.78. The number of aromatic nitrogens is 1. The molecule has 1 aromatic heterocycles. The quantitative estimate of drug-likeness (QED) is 0.558. The van der Waals surface area contributed by atoms with Crippen molar-refractivity contribution in [3.05, 3.63) is 60.0 Å². The summed E-state index contributed by atoms with van der Waals surface area (Å²) in [4.78, 5) is 16.6. The van der Waals surface area contributed by atoms with Crippen LogP contribution in [0.1, 0.15) is 38.3 Å². The summed E-state index contributed by atoms with van der Waals surface area (Å²) < 4.78 is 16.8. The molecule has 0 aliphatic rings. The van der Waals surface area contributed by atoms with Gasteiger partial charge in [0.2, 0.25) is 11.8 Å². The number of nitrogens with one attached hydrogen (secondary N) is 1. The lowest BCUT2D eigenvalue weighted by molar-refractivity contribution is -0.117. The summed E-state index contributed by atoms with van der Waals surface area (Å²) in [7, 11) is 1.60. The van der Waals surface area contributed by atoms with E-state index in [0.29, 0.717) is 35.5 Å². The summed E-state index contributed by atoms with van der Waals surface area (Å²) in [6.07, 6.45) is 2.98. The number of benzene rings is 2. The highest BCUT2D eigenvalue weighted by Crippen LogP contribution is 2.30. The average molecular weight is 394 g/mol. The number of ether oxygens (including phenoxy) is 2. The van der Waals surface area contributed by atoms with Crippen molar-refractivity contribution in [2.45, 2.75) is 26.8 Å². The van der Waals surface area contributed by atoms with Crippen molar-refractivity contribution in [1.29, 1.82) is 0 Å². The number of carbonyl (C=O) groups is 1. The third-order valence-electron chi connectivity index (χ3n) is 4.31. The molecule has 1 amide bonds. The maximum Gasteiger partial charge on any atom is 0.244 e. The molecular formula is C23H26N2O4. The van der Waals surface area contributed by atoms with E-state index in [0.717, 1.165) is 11.1 Å². The highest BCUT2D eigenvalue weighted by Gasteiger charge is 2.13. The van der Waals surface area contributed by atoms with Gasteiger partial charge in [-0.2, -0.15) is 0 Å². The van der Waals surface area contributed by atoms with Crippen molar-refractivity contribution < 1.29 is 18.7 Å². The van der Waals surface area contributed by atoms with Crippen LogP contribution in [0.2, 0.25) is 0 Å². The Balaban J connectivity index is 1.64. The summed E-state index contributed by atoms with van der Waals surface area (Å²) in [5, 5.41) is 2.93. The summed E-state index contributed by atoms with van der Waals surface area (Å²) in [5.41, 5.74) is 2.36. The van der Waals surface area contributed by atoms with E-state index >= 15 is 0 Å². The molecule has 0 spiro atoms. The third kappa shape index (κ3) is 5.38. The predicted molar refractivity (Wildman–Crippen MR) is 113 cm³/mol. The Kier molecular flexibility index (Phi) is 6.54. The molecule has 6 heteroatoms. The molecule has 0 bridgehead atoms. The first kappa shape index (κ1) is 20.5. The summed E-state index contributed by atoms with van der Waals surface area (Å²) in [5.74, 6) is 1.91. The van der Waals surface area contributed by atoms with Crippen molar-refractivity contribution in [3.63, 3.8) is 0 Å². The Labute approximate surface area is 170 Å². The Morgan fingerprint density at radius 3 is 2.69 bits per heavy atom. The van der Waals surface area contributed by atoms with Crippen LogP contribution in [0.25, 0.3) is 17.2 Å². The smallest absolute Gasteiger partial charge is 0.244 e. The molecular weight excluding hydrogens is 368 g/mol. The predicted octanol–water partition coefficient (Wildman–Crippen LogP) is 4.76. The van der Waals surface area contributed by atoms with Crippen LogP contribution in [-0.4, -0.2) is 24.6 Å². The van der Waals surface area contributed by atoms with E-state index in [4.69, 9.17) is 13.9 Å². The van der Waals surface area contributed by atoms with Gasteiger partial charge in [0.1, 0.15) is 5.52 Å². The average Bonchev–Trinajstić information content (AvgIpc) is 3.13. The molecule has 0 saturated carbocycles. The van der Waals surface area contributed by atoms with Gasteiger partial charge in [-0.05, 0) is 42.7 Å². The molecule has 1 N–H and O–H groups in total. The zero-order chi connectivity index (χ0) is 20.8. The Bertz CT molecular complexity index is 974. The number of fused-ring (bicyclic) bond motifs is 1. The van der Waals surface area contributed by atoms with Crippen LogP contribution in [0.4, 0.5) is 0 Å². The van der Waals surface area contributed by atoms with E-state index in [1.807, 2.05) is 49.4 Å². The first-order valence-electron chi connectivity index (χ1n) is 9.61. The summed E-state index contributed by atoms with van der Waals surface area (Å²) >= 11 is 0. The van der Waals surface area contributed by atoms with Gasteiger partial charge in [0.05, 0.1) is 19.8 Å². The van der Waals surface area contributed by atoms with Gasteiger partial charge in [0.25, 0.3) is 0 Å². The maximum absolute atomic E-state index is 12.3. The summed E-state index contributed by atoms with van der Waals surface area (Å²) in [6.45, 7) is 6.71. The number of amides is 1. The van der Waals surface area contributed by atoms with Crippen LogP contribution in [0.3, 0.4) is 0 Å². The number of hydrogen-bond donors (Lipinski definition) is 1. The fourth-order valence-electron chi connectivity index (χ4n) is 2.78. The molecule has 2 aromatic carbocycles. The largest absolute Gasteiger partial charge is 0.493 e. The van der Waals surface area contributed by atoms with Crippen LogP contribution in [0.5, 0.6) is 11.5 Å². The first-order valence-corrected chi connectivity index (χ1v) is 9.61. The topological polar surface area (TPSA) is 73.6 Å². The number of methoxy groups -OCH3 is 1. The van der Waals surface area contributed by atoms with Crippen molar-refractivity contribution in [2.24, 2.45) is 5.92 Å². The van der Waals surface area contributed by atoms with E-state index < -0.39 is 0 Å². The molecule has 152 valence electrons. The third-order valence-corrected chi connectivity index (χ3v) is 4.31. The Hall–Kier alpha value is -3.28. The van der Waals surface area contributed by atoms with Crippen molar-refractivity contribution in [1.82, 2.24) is 10.3 Å². The Morgan fingerprint density at radius 1 is 1.17 bits per heavy atom. The molecule has 0 aliphatic carbocycles. The number of carbonyl (C=O) groups excluding carboxylic acids is 1. The molecule has 0 aliphatic heterocycles. The summed E-state index contributed by atoms with van der Waals surface area (Å²) in [6, 6.07) is 12.9. The van der Waals surface area contributed by atoms with Crippen LogP contribution < -0.4 is 14.8 Å². The molecule has 1 heterocycles. The van der Waals surface area contributed by atoms with Gasteiger partial charge in [-0.3, -0.25) is 4.79 Å². The molecule has 0 fully saturated rings. The van der Waals surface area contributed by atoms with E-state index in [-0.39, 0.29) is 11.9 Å². The molecule has 1 unspecified atom stereocenters. The van der Waals surface area contributed by atoms with E-state index in [9.17, 15) is 4.79 Å². The number of para-hydroxylation sites is 2. The van der Waals surface area contributed by atoms with Gasteiger partial charge in [-0.15, -0.1) is 0 Å². The van der Waals surface area contributed by atoms with Crippen LogP contribution in [0.15, 0.2) is 53.0 Å². The zero-order valence-electron chi connectivity index (χ0n) is 17.1. The number of nitrogens with zero attached hydrogens (tertiary/aromatic N) is 1. The molecule has 0 radical (unpaired) electrons. The van der Waals surface area contributed by atoms with Crippen LogP contribution in [0, 0.1) is 5.92 Å². The lowest BCUT2D eigenvalue weighted by atomic mass is 10.1. The number of hydrogen-bond acceptors (Lipinski definition) is 5. The minimum Gasteiger partial charge on any atom is -0.493 e. The molecule has 3 aromatic rings. The van der Waals surface area contributed by atoms with Gasteiger partial charge in [0.15, 0.2) is 17.1 Å². The van der Waals surface area contributed by atoms with E-state index in [1.54, 1.807) is 13.2 Å². The number of rotatable bonds is 8. The second kappa shape index (κ2) is 9.28. The number of oxazole rings is 1. The second-order valence-corrected chi connectivity index (χ2v) is 7.20.